The lowest BCUT2D eigenvalue weighted by Crippen LogP contribution is -2.38. The van der Waals surface area contributed by atoms with Crippen LogP contribution in [0, 0.1) is 6.92 Å². The smallest absolute Gasteiger partial charge is 0.255 e. The highest BCUT2D eigenvalue weighted by molar-refractivity contribution is 5.94. The topological polar surface area (TPSA) is 63.9 Å². The second-order valence-corrected chi connectivity index (χ2v) is 5.73. The Balaban J connectivity index is 1.64. The molecule has 3 heterocycles. The number of pyridine rings is 1. The van der Waals surface area contributed by atoms with Crippen molar-refractivity contribution in [2.75, 3.05) is 13.1 Å². The van der Waals surface area contributed by atoms with Gasteiger partial charge in [-0.1, -0.05) is 0 Å². The third-order valence-electron chi connectivity index (χ3n) is 4.29. The first-order valence-corrected chi connectivity index (χ1v) is 7.78. The lowest BCUT2D eigenvalue weighted by atomic mass is 9.95. The van der Waals surface area contributed by atoms with Gasteiger partial charge < -0.3 is 9.47 Å². The number of carbonyl (C=O) groups is 1. The molecule has 0 unspecified atom stereocenters. The summed E-state index contributed by atoms with van der Waals surface area (Å²) in [7, 11) is 0. The number of aromatic nitrogens is 4. The molecule has 1 saturated heterocycles. The quantitative estimate of drug-likeness (QED) is 0.870. The summed E-state index contributed by atoms with van der Waals surface area (Å²) in [6, 6.07) is 3.73. The van der Waals surface area contributed by atoms with Crippen LogP contribution in [0.2, 0.25) is 0 Å². The molecular weight excluding hydrogens is 278 g/mol. The van der Waals surface area contributed by atoms with Crippen molar-refractivity contribution in [3.63, 3.8) is 0 Å². The lowest BCUT2D eigenvalue weighted by Gasteiger charge is -2.31. The van der Waals surface area contributed by atoms with Gasteiger partial charge in [0, 0.05) is 37.4 Å². The molecule has 1 aliphatic heterocycles. The van der Waals surface area contributed by atoms with Crippen molar-refractivity contribution in [3.8, 4) is 0 Å². The first-order chi connectivity index (χ1) is 10.7. The molecule has 1 amide bonds. The number of likely N-dealkylation sites (tertiary alicyclic amines) is 1. The SMILES string of the molecule is CCn1cnnc1C1CCN(C(=O)c2ccc(C)nc2)CC1. The Bertz CT molecular complexity index is 641. The minimum Gasteiger partial charge on any atom is -0.339 e. The maximum atomic E-state index is 12.5. The summed E-state index contributed by atoms with van der Waals surface area (Å²) in [5, 5.41) is 8.25. The summed E-state index contributed by atoms with van der Waals surface area (Å²) in [6.45, 7) is 6.41. The van der Waals surface area contributed by atoms with Crippen molar-refractivity contribution >= 4 is 5.91 Å². The van der Waals surface area contributed by atoms with Gasteiger partial charge in [-0.2, -0.15) is 0 Å². The van der Waals surface area contributed by atoms with Gasteiger partial charge in [0.2, 0.25) is 0 Å². The van der Waals surface area contributed by atoms with Crippen molar-refractivity contribution in [2.24, 2.45) is 0 Å². The lowest BCUT2D eigenvalue weighted by molar-refractivity contribution is 0.0710. The van der Waals surface area contributed by atoms with Crippen LogP contribution < -0.4 is 0 Å². The van der Waals surface area contributed by atoms with Crippen LogP contribution >= 0.6 is 0 Å². The molecule has 3 rings (SSSR count). The molecule has 116 valence electrons. The second-order valence-electron chi connectivity index (χ2n) is 5.73. The number of carbonyl (C=O) groups excluding carboxylic acids is 1. The van der Waals surface area contributed by atoms with E-state index in [-0.39, 0.29) is 5.91 Å². The van der Waals surface area contributed by atoms with Crippen LogP contribution in [0.15, 0.2) is 24.7 Å². The van der Waals surface area contributed by atoms with E-state index in [0.29, 0.717) is 11.5 Å². The summed E-state index contributed by atoms with van der Waals surface area (Å²) >= 11 is 0. The van der Waals surface area contributed by atoms with Gasteiger partial charge in [0.15, 0.2) is 0 Å². The first-order valence-electron chi connectivity index (χ1n) is 7.78. The van der Waals surface area contributed by atoms with Crippen LogP contribution in [0.4, 0.5) is 0 Å². The number of piperidine rings is 1. The van der Waals surface area contributed by atoms with E-state index in [1.165, 1.54) is 0 Å². The molecule has 0 N–H and O–H groups in total. The molecule has 2 aromatic rings. The van der Waals surface area contributed by atoms with E-state index in [0.717, 1.165) is 44.0 Å². The monoisotopic (exact) mass is 299 g/mol. The minimum atomic E-state index is 0.0721. The van der Waals surface area contributed by atoms with Gasteiger partial charge in [0.25, 0.3) is 5.91 Å². The summed E-state index contributed by atoms with van der Waals surface area (Å²) in [6.07, 6.45) is 5.32. The van der Waals surface area contributed by atoms with E-state index in [1.807, 2.05) is 24.0 Å². The van der Waals surface area contributed by atoms with E-state index < -0.39 is 0 Å². The average molecular weight is 299 g/mol. The fourth-order valence-corrected chi connectivity index (χ4v) is 2.94. The molecule has 0 spiro atoms. The second kappa shape index (κ2) is 6.25. The van der Waals surface area contributed by atoms with Crippen molar-refractivity contribution in [2.45, 2.75) is 39.2 Å². The predicted molar refractivity (Wildman–Crippen MR) is 82.5 cm³/mol. The van der Waals surface area contributed by atoms with Gasteiger partial charge in [-0.3, -0.25) is 9.78 Å². The molecule has 0 aromatic carbocycles. The highest BCUT2D eigenvalue weighted by atomic mass is 16.2. The van der Waals surface area contributed by atoms with Gasteiger partial charge in [0.1, 0.15) is 12.2 Å². The Morgan fingerprint density at radius 1 is 1.32 bits per heavy atom. The van der Waals surface area contributed by atoms with Crippen LogP contribution in [0.25, 0.3) is 0 Å². The summed E-state index contributed by atoms with van der Waals surface area (Å²) in [4.78, 5) is 18.6. The maximum Gasteiger partial charge on any atom is 0.255 e. The molecule has 22 heavy (non-hydrogen) atoms. The van der Waals surface area contributed by atoms with Crippen molar-refractivity contribution in [3.05, 3.63) is 41.7 Å². The fraction of sp³-hybridized carbons (Fsp3) is 0.500. The molecule has 1 aliphatic rings. The summed E-state index contributed by atoms with van der Waals surface area (Å²) < 4.78 is 2.09. The summed E-state index contributed by atoms with van der Waals surface area (Å²) in [5.41, 5.74) is 1.59. The highest BCUT2D eigenvalue weighted by Gasteiger charge is 2.27. The molecule has 2 aromatic heterocycles. The molecule has 6 heteroatoms. The molecule has 0 bridgehead atoms. The maximum absolute atomic E-state index is 12.5. The molecule has 1 fully saturated rings. The number of hydrogen-bond acceptors (Lipinski definition) is 4. The van der Waals surface area contributed by atoms with Crippen molar-refractivity contribution in [1.29, 1.82) is 0 Å². The number of aryl methyl sites for hydroxylation is 2. The molecule has 0 atom stereocenters. The number of rotatable bonds is 3. The molecule has 0 saturated carbocycles. The van der Waals surface area contributed by atoms with Gasteiger partial charge in [-0.25, -0.2) is 0 Å². The zero-order valence-corrected chi connectivity index (χ0v) is 13.1. The van der Waals surface area contributed by atoms with Crippen LogP contribution in [0.5, 0.6) is 0 Å². The third kappa shape index (κ3) is 2.86. The van der Waals surface area contributed by atoms with Crippen LogP contribution in [0.1, 0.15) is 47.6 Å². The Hall–Kier alpha value is -2.24. The molecular formula is C16H21N5O. The average Bonchev–Trinajstić information content (AvgIpc) is 3.04. The summed E-state index contributed by atoms with van der Waals surface area (Å²) in [5.74, 6) is 1.51. The van der Waals surface area contributed by atoms with E-state index in [4.69, 9.17) is 0 Å². The Labute approximate surface area is 130 Å². The van der Waals surface area contributed by atoms with E-state index >= 15 is 0 Å². The standard InChI is InChI=1S/C16H21N5O/c1-3-20-11-18-19-15(20)13-6-8-21(9-7-13)16(22)14-5-4-12(2)17-10-14/h4-5,10-11,13H,3,6-9H2,1-2H3. The third-order valence-corrected chi connectivity index (χ3v) is 4.29. The van der Waals surface area contributed by atoms with Crippen molar-refractivity contribution < 1.29 is 4.79 Å². The zero-order chi connectivity index (χ0) is 15.5. The van der Waals surface area contributed by atoms with Gasteiger partial charge >= 0.3 is 0 Å². The normalized spacial score (nSPS) is 16.0. The fourth-order valence-electron chi connectivity index (χ4n) is 2.94. The van der Waals surface area contributed by atoms with Gasteiger partial charge in [0.05, 0.1) is 5.56 Å². The highest BCUT2D eigenvalue weighted by Crippen LogP contribution is 2.27. The number of amides is 1. The molecule has 0 radical (unpaired) electrons. The van der Waals surface area contributed by atoms with Crippen LogP contribution in [0.3, 0.4) is 0 Å². The van der Waals surface area contributed by atoms with Gasteiger partial charge in [-0.05, 0) is 38.8 Å². The molecule has 0 aliphatic carbocycles. The predicted octanol–water partition coefficient (Wildman–Crippen LogP) is 2.02. The van der Waals surface area contributed by atoms with E-state index in [2.05, 4.69) is 26.7 Å². The zero-order valence-electron chi connectivity index (χ0n) is 13.1. The van der Waals surface area contributed by atoms with E-state index in [1.54, 1.807) is 12.5 Å². The first kappa shape index (κ1) is 14.7. The largest absolute Gasteiger partial charge is 0.339 e. The molecule has 6 nitrogen and oxygen atoms in total. The van der Waals surface area contributed by atoms with Crippen molar-refractivity contribution in [1.82, 2.24) is 24.6 Å². The van der Waals surface area contributed by atoms with Gasteiger partial charge in [-0.15, -0.1) is 10.2 Å². The van der Waals surface area contributed by atoms with E-state index in [9.17, 15) is 4.79 Å². The Morgan fingerprint density at radius 3 is 2.73 bits per heavy atom. The Morgan fingerprint density at radius 2 is 2.09 bits per heavy atom. The Kier molecular flexibility index (Phi) is 4.18. The van der Waals surface area contributed by atoms with Crippen LogP contribution in [-0.2, 0) is 6.54 Å². The number of hydrogen-bond donors (Lipinski definition) is 0. The number of nitrogens with zero attached hydrogens (tertiary/aromatic N) is 5. The van der Waals surface area contributed by atoms with Crippen LogP contribution in [-0.4, -0.2) is 43.6 Å². The minimum absolute atomic E-state index is 0.0721.